The molecule has 5 aromatic carbocycles. The summed E-state index contributed by atoms with van der Waals surface area (Å²) in [6.45, 7) is 0.0795. The van der Waals surface area contributed by atoms with Gasteiger partial charge in [-0.25, -0.2) is 0 Å². The van der Waals surface area contributed by atoms with E-state index in [0.29, 0.717) is 0 Å². The highest BCUT2D eigenvalue weighted by atomic mass is 16.5. The van der Waals surface area contributed by atoms with Crippen molar-refractivity contribution in [2.24, 2.45) is 0 Å². The standard InChI is InChI=1S/C30H20BNO2.C2H2/c1-3-11-21(12-4-1)32(22-13-5-2-6-14-22)23-19-28-30-29(20-23)34-27-18-10-8-16-25(27)31(30)24-15-7-9-17-26(24)33-28;1-2/h1-20H;1-2H. The van der Waals surface area contributed by atoms with Crippen molar-refractivity contribution >= 4 is 40.2 Å². The van der Waals surface area contributed by atoms with Crippen molar-refractivity contribution in [2.75, 3.05) is 4.90 Å². The van der Waals surface area contributed by atoms with Crippen LogP contribution >= 0.6 is 0 Å². The molecule has 0 spiro atoms. The number of fused-ring (bicyclic) bond motifs is 4. The van der Waals surface area contributed by atoms with E-state index in [1.807, 2.05) is 24.3 Å². The van der Waals surface area contributed by atoms with Gasteiger partial charge in [-0.1, -0.05) is 72.8 Å². The molecule has 0 amide bonds. The molecule has 4 heteroatoms. The van der Waals surface area contributed by atoms with Crippen LogP contribution in [0.15, 0.2) is 121 Å². The lowest BCUT2D eigenvalue weighted by Gasteiger charge is -2.34. The minimum atomic E-state index is 0.0795. The second-order valence-electron chi connectivity index (χ2n) is 8.58. The molecule has 170 valence electrons. The van der Waals surface area contributed by atoms with Crippen molar-refractivity contribution in [3.63, 3.8) is 0 Å². The molecule has 5 aromatic rings. The van der Waals surface area contributed by atoms with E-state index < -0.39 is 0 Å². The molecule has 0 bridgehead atoms. The highest BCUT2D eigenvalue weighted by molar-refractivity contribution is 6.98. The van der Waals surface area contributed by atoms with Gasteiger partial charge in [0.05, 0.1) is 5.69 Å². The Bertz CT molecular complexity index is 1450. The van der Waals surface area contributed by atoms with Gasteiger partial charge in [0.1, 0.15) is 23.0 Å². The predicted molar refractivity (Wildman–Crippen MR) is 149 cm³/mol. The molecule has 0 radical (unpaired) electrons. The van der Waals surface area contributed by atoms with Gasteiger partial charge < -0.3 is 14.4 Å². The van der Waals surface area contributed by atoms with Crippen LogP contribution in [0.2, 0.25) is 0 Å². The van der Waals surface area contributed by atoms with E-state index in [9.17, 15) is 0 Å². The number of para-hydroxylation sites is 4. The average Bonchev–Trinajstić information content (AvgIpc) is 2.95. The summed E-state index contributed by atoms with van der Waals surface area (Å²) in [6.07, 6.45) is 8.00. The molecule has 2 aliphatic heterocycles. The van der Waals surface area contributed by atoms with Crippen molar-refractivity contribution in [1.82, 2.24) is 0 Å². The Morgan fingerprint density at radius 3 is 1.36 bits per heavy atom. The molecule has 7 rings (SSSR count). The van der Waals surface area contributed by atoms with Crippen LogP contribution in [0.5, 0.6) is 23.0 Å². The predicted octanol–water partition coefficient (Wildman–Crippen LogP) is 6.13. The van der Waals surface area contributed by atoms with Crippen LogP contribution in [0.4, 0.5) is 17.1 Å². The fraction of sp³-hybridized carbons (Fsp3) is 0. The molecular weight excluding hydrogens is 441 g/mol. The lowest BCUT2D eigenvalue weighted by Crippen LogP contribution is -2.57. The maximum absolute atomic E-state index is 6.50. The minimum absolute atomic E-state index is 0.0795. The van der Waals surface area contributed by atoms with Crippen molar-refractivity contribution < 1.29 is 9.47 Å². The van der Waals surface area contributed by atoms with Crippen molar-refractivity contribution in [3.05, 3.63) is 121 Å². The number of anilines is 3. The van der Waals surface area contributed by atoms with Crippen LogP contribution in [-0.4, -0.2) is 6.71 Å². The Balaban J connectivity index is 0.00000117. The normalized spacial score (nSPS) is 11.9. The summed E-state index contributed by atoms with van der Waals surface area (Å²) in [4.78, 5) is 2.24. The Morgan fingerprint density at radius 1 is 0.472 bits per heavy atom. The van der Waals surface area contributed by atoms with Crippen LogP contribution in [0.3, 0.4) is 0 Å². The number of benzene rings is 5. The molecule has 0 unspecified atom stereocenters. The summed E-state index contributed by atoms with van der Waals surface area (Å²) in [7, 11) is 0. The molecule has 3 nitrogen and oxygen atoms in total. The number of hydrogen-bond donors (Lipinski definition) is 0. The first-order valence-electron chi connectivity index (χ1n) is 11.8. The molecule has 0 fully saturated rings. The fourth-order valence-electron chi connectivity index (χ4n) is 5.11. The number of hydrogen-bond acceptors (Lipinski definition) is 3. The second-order valence-corrected chi connectivity index (χ2v) is 8.58. The zero-order valence-electron chi connectivity index (χ0n) is 19.5. The molecule has 0 saturated carbocycles. The fourth-order valence-corrected chi connectivity index (χ4v) is 5.11. The third-order valence-electron chi connectivity index (χ3n) is 6.56. The van der Waals surface area contributed by atoms with Gasteiger partial charge in [0.2, 0.25) is 0 Å². The average molecular weight is 463 g/mol. The first kappa shape index (κ1) is 21.6. The van der Waals surface area contributed by atoms with Gasteiger partial charge in [-0.3, -0.25) is 0 Å². The third kappa shape index (κ3) is 3.50. The topological polar surface area (TPSA) is 21.7 Å². The maximum Gasteiger partial charge on any atom is 0.260 e. The number of nitrogens with zero attached hydrogens (tertiary/aromatic N) is 1. The van der Waals surface area contributed by atoms with Crippen molar-refractivity contribution in [3.8, 4) is 35.8 Å². The molecule has 36 heavy (non-hydrogen) atoms. The molecule has 0 aromatic heterocycles. The molecule has 0 atom stereocenters. The van der Waals surface area contributed by atoms with Gasteiger partial charge in [-0.05, 0) is 47.3 Å². The van der Waals surface area contributed by atoms with Gasteiger partial charge >= 0.3 is 0 Å². The molecular formula is C32H22BNO2. The minimum Gasteiger partial charge on any atom is -0.458 e. The van der Waals surface area contributed by atoms with Crippen molar-refractivity contribution in [2.45, 2.75) is 0 Å². The summed E-state index contributed by atoms with van der Waals surface area (Å²) < 4.78 is 13.0. The molecule has 0 N–H and O–H groups in total. The summed E-state index contributed by atoms with van der Waals surface area (Å²) in [5.41, 5.74) is 6.56. The SMILES string of the molecule is C#C.c1ccc(N(c2ccccc2)c2cc3c4c(c2)Oc2ccccc2B4c2ccccc2O3)cc1. The van der Waals surface area contributed by atoms with E-state index in [2.05, 4.69) is 115 Å². The van der Waals surface area contributed by atoms with Gasteiger partial charge in [-0.2, -0.15) is 0 Å². The van der Waals surface area contributed by atoms with E-state index in [4.69, 9.17) is 9.47 Å². The lowest BCUT2D eigenvalue weighted by molar-refractivity contribution is 0.465. The van der Waals surface area contributed by atoms with E-state index in [-0.39, 0.29) is 6.71 Å². The van der Waals surface area contributed by atoms with E-state index in [0.717, 1.165) is 45.5 Å². The van der Waals surface area contributed by atoms with E-state index >= 15 is 0 Å². The first-order chi connectivity index (χ1) is 17.9. The maximum atomic E-state index is 6.50. The molecule has 2 heterocycles. The van der Waals surface area contributed by atoms with Crippen LogP contribution in [0.1, 0.15) is 0 Å². The Labute approximate surface area is 211 Å². The zero-order chi connectivity index (χ0) is 24.5. The molecule has 0 aliphatic carbocycles. The molecule has 0 saturated heterocycles. The first-order valence-corrected chi connectivity index (χ1v) is 11.8. The second kappa shape index (κ2) is 9.05. The smallest absolute Gasteiger partial charge is 0.260 e. The summed E-state index contributed by atoms with van der Waals surface area (Å²) in [6, 6.07) is 41.7. The highest BCUT2D eigenvalue weighted by Crippen LogP contribution is 2.42. The third-order valence-corrected chi connectivity index (χ3v) is 6.56. The summed E-state index contributed by atoms with van der Waals surface area (Å²) >= 11 is 0. The summed E-state index contributed by atoms with van der Waals surface area (Å²) in [5.74, 6) is 3.46. The quantitative estimate of drug-likeness (QED) is 0.232. The van der Waals surface area contributed by atoms with Crippen molar-refractivity contribution in [1.29, 1.82) is 0 Å². The highest BCUT2D eigenvalue weighted by Gasteiger charge is 2.40. The largest absolute Gasteiger partial charge is 0.458 e. The van der Waals surface area contributed by atoms with Gasteiger partial charge in [0, 0.05) is 29.0 Å². The Morgan fingerprint density at radius 2 is 0.889 bits per heavy atom. The summed E-state index contributed by atoms with van der Waals surface area (Å²) in [5, 5.41) is 0. The monoisotopic (exact) mass is 463 g/mol. The van der Waals surface area contributed by atoms with Crippen LogP contribution in [0, 0.1) is 12.8 Å². The van der Waals surface area contributed by atoms with Crippen LogP contribution < -0.4 is 30.8 Å². The Kier molecular flexibility index (Phi) is 5.44. The number of ether oxygens (including phenoxy) is 2. The van der Waals surface area contributed by atoms with E-state index in [1.165, 1.54) is 10.9 Å². The van der Waals surface area contributed by atoms with Gasteiger partial charge in [0.15, 0.2) is 0 Å². The van der Waals surface area contributed by atoms with Crippen LogP contribution in [-0.2, 0) is 0 Å². The van der Waals surface area contributed by atoms with E-state index in [1.54, 1.807) is 0 Å². The van der Waals surface area contributed by atoms with Gasteiger partial charge in [0.25, 0.3) is 6.71 Å². The van der Waals surface area contributed by atoms with Gasteiger partial charge in [-0.15, -0.1) is 12.8 Å². The number of terminal acetylenes is 1. The molecule has 2 aliphatic rings. The Hall–Kier alpha value is -4.88. The zero-order valence-corrected chi connectivity index (χ0v) is 19.5. The van der Waals surface area contributed by atoms with Crippen LogP contribution in [0.25, 0.3) is 0 Å². The lowest BCUT2D eigenvalue weighted by atomic mass is 9.35. The number of rotatable bonds is 3.